The standard InChI is InChI=1S/C11H19N5O/c12-9-3-1-2-8(6-9)11(17)13-5-4-10-7-14-16-15-10/h7-9H,1-6,12H2,(H,13,17)(H,14,15,16)/t8-,9+/m1/s1. The van der Waals surface area contributed by atoms with Gasteiger partial charge in [0.2, 0.25) is 5.91 Å². The molecule has 2 rings (SSSR count). The maximum atomic E-state index is 11.9. The molecule has 0 unspecified atom stereocenters. The molecular formula is C11H19N5O. The molecular weight excluding hydrogens is 218 g/mol. The van der Waals surface area contributed by atoms with Crippen LogP contribution in [0.3, 0.4) is 0 Å². The summed E-state index contributed by atoms with van der Waals surface area (Å²) in [6.45, 7) is 0.608. The predicted octanol–water partition coefficient (Wildman–Crippen LogP) is -0.0191. The van der Waals surface area contributed by atoms with E-state index in [-0.39, 0.29) is 17.9 Å². The van der Waals surface area contributed by atoms with Crippen molar-refractivity contribution in [2.24, 2.45) is 11.7 Å². The van der Waals surface area contributed by atoms with Gasteiger partial charge in [0.1, 0.15) is 0 Å². The summed E-state index contributed by atoms with van der Waals surface area (Å²) in [6.07, 6.45) is 6.26. The molecule has 0 radical (unpaired) electrons. The van der Waals surface area contributed by atoms with Crippen molar-refractivity contribution in [1.29, 1.82) is 0 Å². The van der Waals surface area contributed by atoms with Crippen LogP contribution in [0.2, 0.25) is 0 Å². The molecule has 0 bridgehead atoms. The van der Waals surface area contributed by atoms with Crippen LogP contribution in [0.25, 0.3) is 0 Å². The van der Waals surface area contributed by atoms with Gasteiger partial charge in [0.15, 0.2) is 0 Å². The summed E-state index contributed by atoms with van der Waals surface area (Å²) in [5, 5.41) is 13.1. The second-order valence-electron chi connectivity index (χ2n) is 4.63. The molecule has 0 spiro atoms. The van der Waals surface area contributed by atoms with Crippen molar-refractivity contribution in [3.05, 3.63) is 11.9 Å². The van der Waals surface area contributed by atoms with Gasteiger partial charge in [-0.25, -0.2) is 0 Å². The Labute approximate surface area is 100 Å². The highest BCUT2D eigenvalue weighted by atomic mass is 16.1. The highest BCUT2D eigenvalue weighted by molar-refractivity contribution is 5.78. The third-order valence-electron chi connectivity index (χ3n) is 3.23. The number of amides is 1. The molecule has 6 nitrogen and oxygen atoms in total. The lowest BCUT2D eigenvalue weighted by atomic mass is 9.85. The Morgan fingerprint density at radius 1 is 1.59 bits per heavy atom. The summed E-state index contributed by atoms with van der Waals surface area (Å²) in [4.78, 5) is 11.9. The van der Waals surface area contributed by atoms with E-state index in [9.17, 15) is 4.79 Å². The predicted molar refractivity (Wildman–Crippen MR) is 63.0 cm³/mol. The number of aromatic amines is 1. The zero-order chi connectivity index (χ0) is 12.1. The number of nitrogens with two attached hydrogens (primary N) is 1. The molecule has 0 aromatic carbocycles. The van der Waals surface area contributed by atoms with E-state index in [1.165, 1.54) is 0 Å². The van der Waals surface area contributed by atoms with E-state index in [2.05, 4.69) is 20.7 Å². The monoisotopic (exact) mass is 237 g/mol. The lowest BCUT2D eigenvalue weighted by Crippen LogP contribution is -2.38. The molecule has 1 fully saturated rings. The number of aromatic nitrogens is 3. The molecule has 1 aromatic rings. The fourth-order valence-corrected chi connectivity index (χ4v) is 2.27. The lowest BCUT2D eigenvalue weighted by Gasteiger charge is -2.25. The van der Waals surface area contributed by atoms with Gasteiger partial charge in [-0.2, -0.15) is 15.4 Å². The molecule has 6 heteroatoms. The van der Waals surface area contributed by atoms with Crippen molar-refractivity contribution in [3.8, 4) is 0 Å². The van der Waals surface area contributed by atoms with Crippen molar-refractivity contribution in [2.45, 2.75) is 38.1 Å². The Morgan fingerprint density at radius 3 is 3.18 bits per heavy atom. The average molecular weight is 237 g/mol. The van der Waals surface area contributed by atoms with Crippen molar-refractivity contribution in [2.75, 3.05) is 6.54 Å². The van der Waals surface area contributed by atoms with Crippen LogP contribution < -0.4 is 11.1 Å². The third kappa shape index (κ3) is 3.52. The molecule has 1 amide bonds. The fourth-order valence-electron chi connectivity index (χ4n) is 2.27. The smallest absolute Gasteiger partial charge is 0.223 e. The van der Waals surface area contributed by atoms with Gasteiger partial charge in [0.05, 0.1) is 11.9 Å². The largest absolute Gasteiger partial charge is 0.355 e. The van der Waals surface area contributed by atoms with E-state index < -0.39 is 0 Å². The highest BCUT2D eigenvalue weighted by Crippen LogP contribution is 2.22. The maximum absolute atomic E-state index is 11.9. The molecule has 0 aliphatic heterocycles. The van der Waals surface area contributed by atoms with Gasteiger partial charge in [0.25, 0.3) is 0 Å². The van der Waals surface area contributed by atoms with Crippen LogP contribution in [-0.2, 0) is 11.2 Å². The zero-order valence-corrected chi connectivity index (χ0v) is 9.85. The number of hydrogen-bond donors (Lipinski definition) is 3. The Balaban J connectivity index is 1.70. The van der Waals surface area contributed by atoms with E-state index in [0.717, 1.165) is 31.4 Å². The molecule has 0 saturated heterocycles. The third-order valence-corrected chi connectivity index (χ3v) is 3.23. The van der Waals surface area contributed by atoms with E-state index in [1.807, 2.05) is 0 Å². The first-order valence-electron chi connectivity index (χ1n) is 6.13. The summed E-state index contributed by atoms with van der Waals surface area (Å²) in [5.74, 6) is 0.222. The van der Waals surface area contributed by atoms with Crippen molar-refractivity contribution in [1.82, 2.24) is 20.7 Å². The normalized spacial score (nSPS) is 24.5. The highest BCUT2D eigenvalue weighted by Gasteiger charge is 2.24. The molecule has 94 valence electrons. The van der Waals surface area contributed by atoms with Crippen molar-refractivity contribution >= 4 is 5.91 Å². The minimum atomic E-state index is 0.0936. The number of carbonyl (C=O) groups is 1. The van der Waals surface area contributed by atoms with Crippen LogP contribution in [-0.4, -0.2) is 33.9 Å². The van der Waals surface area contributed by atoms with Crippen LogP contribution in [0.1, 0.15) is 31.4 Å². The summed E-state index contributed by atoms with van der Waals surface area (Å²) in [7, 11) is 0. The van der Waals surface area contributed by atoms with Crippen molar-refractivity contribution < 1.29 is 4.79 Å². The second kappa shape index (κ2) is 5.77. The number of H-pyrrole nitrogens is 1. The molecule has 17 heavy (non-hydrogen) atoms. The van der Waals surface area contributed by atoms with E-state index in [1.54, 1.807) is 6.20 Å². The van der Waals surface area contributed by atoms with Crippen LogP contribution in [0.5, 0.6) is 0 Å². The number of hydrogen-bond acceptors (Lipinski definition) is 4. The van der Waals surface area contributed by atoms with Gasteiger partial charge in [-0.1, -0.05) is 6.42 Å². The van der Waals surface area contributed by atoms with Gasteiger partial charge >= 0.3 is 0 Å². The van der Waals surface area contributed by atoms with Crippen LogP contribution >= 0.6 is 0 Å². The van der Waals surface area contributed by atoms with Gasteiger partial charge in [0, 0.05) is 24.9 Å². The van der Waals surface area contributed by atoms with Crippen LogP contribution in [0.15, 0.2) is 6.20 Å². The van der Waals surface area contributed by atoms with Gasteiger partial charge in [-0.05, 0) is 19.3 Å². The summed E-state index contributed by atoms with van der Waals surface area (Å²) >= 11 is 0. The molecule has 1 heterocycles. The Morgan fingerprint density at radius 2 is 2.47 bits per heavy atom. The Bertz CT molecular complexity index is 351. The fraction of sp³-hybridized carbons (Fsp3) is 0.727. The Kier molecular flexibility index (Phi) is 4.08. The van der Waals surface area contributed by atoms with Crippen LogP contribution in [0.4, 0.5) is 0 Å². The van der Waals surface area contributed by atoms with Gasteiger partial charge in [-0.15, -0.1) is 0 Å². The molecule has 2 atom stereocenters. The number of nitrogens with one attached hydrogen (secondary N) is 2. The zero-order valence-electron chi connectivity index (χ0n) is 9.85. The Hall–Kier alpha value is -1.43. The summed E-state index contributed by atoms with van der Waals surface area (Å²) < 4.78 is 0. The first kappa shape index (κ1) is 12.0. The number of carbonyl (C=O) groups excluding carboxylic acids is 1. The van der Waals surface area contributed by atoms with E-state index in [4.69, 9.17) is 5.73 Å². The molecule has 4 N–H and O–H groups in total. The minimum absolute atomic E-state index is 0.0936. The molecule has 1 aromatic heterocycles. The van der Waals surface area contributed by atoms with Gasteiger partial charge < -0.3 is 11.1 Å². The average Bonchev–Trinajstić information content (AvgIpc) is 2.82. The topological polar surface area (TPSA) is 96.7 Å². The number of nitrogens with zero attached hydrogens (tertiary/aromatic N) is 2. The van der Waals surface area contributed by atoms with Crippen molar-refractivity contribution in [3.63, 3.8) is 0 Å². The molecule has 1 aliphatic rings. The summed E-state index contributed by atoms with van der Waals surface area (Å²) in [5.41, 5.74) is 6.73. The first-order valence-corrected chi connectivity index (χ1v) is 6.13. The van der Waals surface area contributed by atoms with E-state index >= 15 is 0 Å². The second-order valence-corrected chi connectivity index (χ2v) is 4.63. The quantitative estimate of drug-likeness (QED) is 0.685. The van der Waals surface area contributed by atoms with Gasteiger partial charge in [-0.3, -0.25) is 4.79 Å². The SMILES string of the molecule is N[C@H]1CCC[C@@H](C(=O)NCCc2cn[nH]n2)C1. The first-order chi connectivity index (χ1) is 8.25. The molecule has 1 saturated carbocycles. The minimum Gasteiger partial charge on any atom is -0.355 e. The maximum Gasteiger partial charge on any atom is 0.223 e. The summed E-state index contributed by atoms with van der Waals surface area (Å²) in [6, 6.07) is 0.190. The molecule has 1 aliphatic carbocycles. The van der Waals surface area contributed by atoms with Crippen LogP contribution in [0, 0.1) is 5.92 Å². The van der Waals surface area contributed by atoms with E-state index in [0.29, 0.717) is 13.0 Å². The lowest BCUT2D eigenvalue weighted by molar-refractivity contribution is -0.126. The number of rotatable bonds is 4.